The summed E-state index contributed by atoms with van der Waals surface area (Å²) in [5.41, 5.74) is 0. The van der Waals surface area contributed by atoms with E-state index in [1.54, 1.807) is 12.1 Å². The Hall–Kier alpha value is -1.73. The summed E-state index contributed by atoms with van der Waals surface area (Å²) in [5.74, 6) is 2.58. The number of amides is 1. The van der Waals surface area contributed by atoms with Crippen molar-refractivity contribution in [3.05, 3.63) is 35.1 Å². The number of carbonyl (C=O) groups is 1. The molecule has 2 aromatic rings. The molecule has 6 nitrogen and oxygen atoms in total. The van der Waals surface area contributed by atoms with Gasteiger partial charge in [0.15, 0.2) is 11.0 Å². The van der Waals surface area contributed by atoms with Crippen LogP contribution >= 0.6 is 23.4 Å². The van der Waals surface area contributed by atoms with Crippen molar-refractivity contribution in [3.8, 4) is 5.75 Å². The van der Waals surface area contributed by atoms with Gasteiger partial charge in [-0.2, -0.15) is 0 Å². The maximum Gasteiger partial charge on any atom is 0.233 e. The lowest BCUT2D eigenvalue weighted by Gasteiger charge is -2.30. The molecule has 1 aromatic heterocycles. The molecule has 2 heterocycles. The highest BCUT2D eigenvalue weighted by molar-refractivity contribution is 7.99. The molecule has 1 aliphatic rings. The van der Waals surface area contributed by atoms with Crippen LogP contribution in [0.4, 0.5) is 0 Å². The van der Waals surface area contributed by atoms with Crippen LogP contribution in [0.3, 0.4) is 0 Å². The van der Waals surface area contributed by atoms with E-state index in [4.69, 9.17) is 16.3 Å². The van der Waals surface area contributed by atoms with Gasteiger partial charge in [-0.15, -0.1) is 10.2 Å². The van der Waals surface area contributed by atoms with Crippen molar-refractivity contribution >= 4 is 29.3 Å². The summed E-state index contributed by atoms with van der Waals surface area (Å²) in [7, 11) is 1.89. The van der Waals surface area contributed by atoms with Crippen molar-refractivity contribution in [1.29, 1.82) is 0 Å². The summed E-state index contributed by atoms with van der Waals surface area (Å²) in [6, 6.07) is 7.18. The van der Waals surface area contributed by atoms with Crippen LogP contribution in [0, 0.1) is 5.92 Å². The minimum absolute atomic E-state index is 0.170. The van der Waals surface area contributed by atoms with Gasteiger partial charge in [-0.25, -0.2) is 0 Å². The molecule has 26 heavy (non-hydrogen) atoms. The van der Waals surface area contributed by atoms with Crippen LogP contribution in [0.1, 0.15) is 25.6 Å². The van der Waals surface area contributed by atoms with Crippen molar-refractivity contribution in [1.82, 2.24) is 19.7 Å². The molecular weight excluding hydrogens is 372 g/mol. The summed E-state index contributed by atoms with van der Waals surface area (Å²) in [6.45, 7) is 4.23. The van der Waals surface area contributed by atoms with Crippen LogP contribution < -0.4 is 4.74 Å². The molecule has 1 aromatic carbocycles. The molecule has 1 amide bonds. The SMILES string of the molecule is C[C@@H]1CCCN(C(=O)CSc2nnc(COc3ccc(Cl)cc3)n2C)C1. The third-order valence-corrected chi connectivity index (χ3v) is 5.70. The van der Waals surface area contributed by atoms with Crippen LogP contribution in [-0.2, 0) is 18.4 Å². The first-order valence-corrected chi connectivity index (χ1v) is 10.1. The maximum atomic E-state index is 12.4. The Morgan fingerprint density at radius 3 is 2.85 bits per heavy atom. The Morgan fingerprint density at radius 2 is 2.12 bits per heavy atom. The van der Waals surface area contributed by atoms with Gasteiger partial charge in [0.25, 0.3) is 0 Å². The lowest BCUT2D eigenvalue weighted by atomic mass is 10.0. The third kappa shape index (κ3) is 4.92. The van der Waals surface area contributed by atoms with Gasteiger partial charge in [0.1, 0.15) is 12.4 Å². The molecule has 0 bridgehead atoms. The topological polar surface area (TPSA) is 60.3 Å². The highest BCUT2D eigenvalue weighted by atomic mass is 35.5. The van der Waals surface area contributed by atoms with Crippen LogP contribution in [0.25, 0.3) is 0 Å². The van der Waals surface area contributed by atoms with Crippen molar-refractivity contribution < 1.29 is 9.53 Å². The van der Waals surface area contributed by atoms with Gasteiger partial charge in [0, 0.05) is 25.2 Å². The Morgan fingerprint density at radius 1 is 1.35 bits per heavy atom. The van der Waals surface area contributed by atoms with Crippen LogP contribution in [-0.4, -0.2) is 44.4 Å². The molecule has 1 fully saturated rings. The average Bonchev–Trinajstić information content (AvgIpc) is 2.99. The molecule has 0 aliphatic carbocycles. The maximum absolute atomic E-state index is 12.4. The van der Waals surface area contributed by atoms with Crippen molar-refractivity contribution in [2.45, 2.75) is 31.5 Å². The Balaban J connectivity index is 1.51. The Labute approximate surface area is 162 Å². The molecule has 0 unspecified atom stereocenters. The molecule has 0 N–H and O–H groups in total. The van der Waals surface area contributed by atoms with E-state index in [-0.39, 0.29) is 5.91 Å². The van der Waals surface area contributed by atoms with E-state index in [0.29, 0.717) is 29.1 Å². The smallest absolute Gasteiger partial charge is 0.233 e. The van der Waals surface area contributed by atoms with Crippen molar-refractivity contribution in [3.63, 3.8) is 0 Å². The number of hydrogen-bond acceptors (Lipinski definition) is 5. The highest BCUT2D eigenvalue weighted by Crippen LogP contribution is 2.21. The predicted molar refractivity (Wildman–Crippen MR) is 102 cm³/mol. The number of rotatable bonds is 6. The Kier molecular flexibility index (Phi) is 6.43. The number of piperidine rings is 1. The number of nitrogens with zero attached hydrogens (tertiary/aromatic N) is 4. The zero-order valence-electron chi connectivity index (χ0n) is 15.0. The van der Waals surface area contributed by atoms with Gasteiger partial charge in [-0.1, -0.05) is 30.3 Å². The molecule has 1 aliphatic heterocycles. The largest absolute Gasteiger partial charge is 0.486 e. The first-order chi connectivity index (χ1) is 12.5. The molecule has 0 saturated carbocycles. The van der Waals surface area contributed by atoms with Crippen molar-refractivity contribution in [2.24, 2.45) is 13.0 Å². The monoisotopic (exact) mass is 394 g/mol. The average molecular weight is 395 g/mol. The fraction of sp³-hybridized carbons (Fsp3) is 0.500. The third-order valence-electron chi connectivity index (χ3n) is 4.44. The van der Waals surface area contributed by atoms with Gasteiger partial charge >= 0.3 is 0 Å². The molecule has 0 spiro atoms. The van der Waals surface area contributed by atoms with Gasteiger partial charge in [-0.3, -0.25) is 4.79 Å². The zero-order valence-corrected chi connectivity index (χ0v) is 16.6. The second-order valence-corrected chi connectivity index (χ2v) is 7.96. The van der Waals surface area contributed by atoms with E-state index in [1.807, 2.05) is 28.6 Å². The molecule has 1 atom stereocenters. The standard InChI is InChI=1S/C18H23ClN4O2S/c1-13-4-3-9-23(10-13)17(24)12-26-18-21-20-16(22(18)2)11-25-15-7-5-14(19)6-8-15/h5-8,13H,3-4,9-12H2,1-2H3/t13-/m1/s1. The van der Waals surface area contributed by atoms with Crippen LogP contribution in [0.15, 0.2) is 29.4 Å². The number of ether oxygens (including phenoxy) is 1. The molecular formula is C18H23ClN4O2S. The summed E-state index contributed by atoms with van der Waals surface area (Å²) >= 11 is 7.29. The van der Waals surface area contributed by atoms with Gasteiger partial charge in [-0.05, 0) is 43.0 Å². The number of likely N-dealkylation sites (tertiary alicyclic amines) is 1. The van der Waals surface area contributed by atoms with E-state index in [0.717, 1.165) is 30.4 Å². The molecule has 1 saturated heterocycles. The summed E-state index contributed by atoms with van der Waals surface area (Å²) in [5, 5.41) is 9.73. The normalized spacial score (nSPS) is 17.3. The summed E-state index contributed by atoms with van der Waals surface area (Å²) in [6.07, 6.45) is 2.30. The fourth-order valence-electron chi connectivity index (χ4n) is 2.91. The van der Waals surface area contributed by atoms with Crippen molar-refractivity contribution in [2.75, 3.05) is 18.8 Å². The number of carbonyl (C=O) groups excluding carboxylic acids is 1. The first kappa shape index (κ1) is 19.0. The number of benzene rings is 1. The van der Waals surface area contributed by atoms with Crippen LogP contribution in [0.5, 0.6) is 5.75 Å². The van der Waals surface area contributed by atoms with Gasteiger partial charge in [0.2, 0.25) is 5.91 Å². The molecule has 0 radical (unpaired) electrons. The Bertz CT molecular complexity index is 750. The number of hydrogen-bond donors (Lipinski definition) is 0. The highest BCUT2D eigenvalue weighted by Gasteiger charge is 2.21. The minimum atomic E-state index is 0.170. The molecule has 3 rings (SSSR count). The second-order valence-electron chi connectivity index (χ2n) is 6.58. The lowest BCUT2D eigenvalue weighted by molar-refractivity contribution is -0.130. The van der Waals surface area contributed by atoms with Gasteiger partial charge in [0.05, 0.1) is 5.75 Å². The quantitative estimate of drug-likeness (QED) is 0.703. The summed E-state index contributed by atoms with van der Waals surface area (Å²) < 4.78 is 7.58. The fourth-order valence-corrected chi connectivity index (χ4v) is 3.87. The first-order valence-electron chi connectivity index (χ1n) is 8.70. The minimum Gasteiger partial charge on any atom is -0.486 e. The van der Waals surface area contributed by atoms with Crippen LogP contribution in [0.2, 0.25) is 5.02 Å². The van der Waals surface area contributed by atoms with E-state index in [9.17, 15) is 4.79 Å². The zero-order chi connectivity index (χ0) is 18.5. The summed E-state index contributed by atoms with van der Waals surface area (Å²) in [4.78, 5) is 14.3. The lowest BCUT2D eigenvalue weighted by Crippen LogP contribution is -2.40. The number of halogens is 1. The van der Waals surface area contributed by atoms with E-state index in [2.05, 4.69) is 17.1 Å². The second kappa shape index (κ2) is 8.77. The number of aromatic nitrogens is 3. The predicted octanol–water partition coefficient (Wildman–Crippen LogP) is 3.40. The molecule has 8 heteroatoms. The number of thioether (sulfide) groups is 1. The van der Waals surface area contributed by atoms with E-state index >= 15 is 0 Å². The van der Waals surface area contributed by atoms with E-state index in [1.165, 1.54) is 18.2 Å². The van der Waals surface area contributed by atoms with E-state index < -0.39 is 0 Å². The van der Waals surface area contributed by atoms with Gasteiger partial charge < -0.3 is 14.2 Å². The molecule has 140 valence electrons.